The summed E-state index contributed by atoms with van der Waals surface area (Å²) in [7, 11) is 0. The number of nitrogens with zero attached hydrogens (tertiary/aromatic N) is 6. The number of hydrogen-bond acceptors (Lipinski definition) is 5. The molecule has 0 saturated carbocycles. The Hall–Kier alpha value is -3.67. The molecule has 4 aromatic rings. The lowest BCUT2D eigenvalue weighted by Crippen LogP contribution is -2.41. The largest absolute Gasteiger partial charge is 0.355 e. The van der Waals surface area contributed by atoms with Crippen LogP contribution in [-0.2, 0) is 25.7 Å². The van der Waals surface area contributed by atoms with Crippen LogP contribution >= 0.6 is 0 Å². The molecule has 1 aliphatic carbocycles. The van der Waals surface area contributed by atoms with E-state index in [1.165, 1.54) is 36.9 Å². The van der Waals surface area contributed by atoms with Crippen LogP contribution in [0.4, 0.5) is 17.5 Å². The fourth-order valence-electron chi connectivity index (χ4n) is 6.76. The molecule has 0 N–H and O–H groups in total. The summed E-state index contributed by atoms with van der Waals surface area (Å²) in [4.78, 5) is 19.1. The Morgan fingerprint density at radius 2 is 1.89 bits per heavy atom. The molecule has 3 aliphatic rings. The van der Waals surface area contributed by atoms with Crippen molar-refractivity contribution in [2.75, 3.05) is 29.4 Å². The molecule has 7 rings (SSSR count). The SMILES string of the molecule is C=CCc1cccc2c1CC1(CCN(c3nccn4c(N5CCCc6ncccc65)ncc34)CC1)C2. The predicted octanol–water partition coefficient (Wildman–Crippen LogP) is 5.32. The highest BCUT2D eigenvalue weighted by Gasteiger charge is 2.41. The second-order valence-electron chi connectivity index (χ2n) is 10.7. The fourth-order valence-corrected chi connectivity index (χ4v) is 6.76. The third-order valence-corrected chi connectivity index (χ3v) is 8.59. The molecule has 6 heteroatoms. The zero-order valence-corrected chi connectivity index (χ0v) is 20.7. The summed E-state index contributed by atoms with van der Waals surface area (Å²) in [6.45, 7) is 7.00. The van der Waals surface area contributed by atoms with Gasteiger partial charge in [0.25, 0.3) is 0 Å². The van der Waals surface area contributed by atoms with Crippen molar-refractivity contribution in [3.05, 3.63) is 90.2 Å². The summed E-state index contributed by atoms with van der Waals surface area (Å²) in [5.74, 6) is 2.01. The van der Waals surface area contributed by atoms with E-state index in [9.17, 15) is 0 Å². The summed E-state index contributed by atoms with van der Waals surface area (Å²) in [6, 6.07) is 11.0. The van der Waals surface area contributed by atoms with Gasteiger partial charge in [-0.05, 0) is 79.2 Å². The van der Waals surface area contributed by atoms with Gasteiger partial charge in [0.05, 0.1) is 17.6 Å². The Balaban J connectivity index is 1.15. The van der Waals surface area contributed by atoms with Crippen LogP contribution in [0.1, 0.15) is 41.6 Å². The van der Waals surface area contributed by atoms with Crippen molar-refractivity contribution in [3.63, 3.8) is 0 Å². The van der Waals surface area contributed by atoms with Crippen LogP contribution in [0.15, 0.2) is 67.8 Å². The number of allylic oxidation sites excluding steroid dienone is 1. The minimum Gasteiger partial charge on any atom is -0.355 e. The number of fused-ring (bicyclic) bond motifs is 3. The number of aryl methyl sites for hydroxylation is 1. The first-order valence-corrected chi connectivity index (χ1v) is 13.2. The molecule has 0 radical (unpaired) electrons. The topological polar surface area (TPSA) is 49.6 Å². The number of rotatable bonds is 4. The molecule has 0 unspecified atom stereocenters. The smallest absolute Gasteiger partial charge is 0.214 e. The first-order chi connectivity index (χ1) is 17.7. The zero-order valence-electron chi connectivity index (χ0n) is 20.7. The maximum Gasteiger partial charge on any atom is 0.214 e. The number of anilines is 3. The monoisotopic (exact) mass is 476 g/mol. The number of piperidine rings is 1. The number of imidazole rings is 1. The normalized spacial score (nSPS) is 18.4. The van der Waals surface area contributed by atoms with Crippen LogP contribution in [0.5, 0.6) is 0 Å². The lowest BCUT2D eigenvalue weighted by atomic mass is 9.75. The van der Waals surface area contributed by atoms with Crippen molar-refractivity contribution in [2.45, 2.75) is 44.9 Å². The van der Waals surface area contributed by atoms with Gasteiger partial charge in [0, 0.05) is 38.2 Å². The number of pyridine rings is 1. The molecule has 0 amide bonds. The van der Waals surface area contributed by atoms with Crippen molar-refractivity contribution in [3.8, 4) is 0 Å². The van der Waals surface area contributed by atoms with Crippen LogP contribution < -0.4 is 9.80 Å². The minimum absolute atomic E-state index is 0.386. The first kappa shape index (κ1) is 21.6. The molecule has 5 heterocycles. The van der Waals surface area contributed by atoms with Gasteiger partial charge in [-0.1, -0.05) is 24.3 Å². The molecule has 0 bridgehead atoms. The Labute approximate surface area is 212 Å². The van der Waals surface area contributed by atoms with Gasteiger partial charge in [-0.25, -0.2) is 9.97 Å². The van der Waals surface area contributed by atoms with E-state index in [0.717, 1.165) is 61.9 Å². The molecule has 1 saturated heterocycles. The molecule has 0 atom stereocenters. The standard InChI is InChI=1S/C30H32N6/c1-2-6-22-7-3-8-23-19-30(20-24(22)23)11-16-34(17-12-30)28-27-21-33-29(36(27)18-14-32-28)35-15-5-9-25-26(35)10-4-13-31-25/h2-4,7-8,10,13-14,18,21H,1,5-6,9,11-12,15-17,19-20H2. The first-order valence-electron chi connectivity index (χ1n) is 13.2. The van der Waals surface area contributed by atoms with Crippen molar-refractivity contribution in [1.82, 2.24) is 19.4 Å². The second kappa shape index (κ2) is 8.47. The second-order valence-corrected chi connectivity index (χ2v) is 10.7. The molecular formula is C30H32N6. The number of aromatic nitrogens is 4. The van der Waals surface area contributed by atoms with Gasteiger partial charge < -0.3 is 9.80 Å². The van der Waals surface area contributed by atoms with Gasteiger partial charge in [0.2, 0.25) is 5.95 Å². The van der Waals surface area contributed by atoms with Crippen LogP contribution in [0, 0.1) is 5.41 Å². The van der Waals surface area contributed by atoms with Crippen molar-refractivity contribution in [1.29, 1.82) is 0 Å². The van der Waals surface area contributed by atoms with E-state index in [2.05, 4.69) is 50.0 Å². The lowest BCUT2D eigenvalue weighted by molar-refractivity contribution is 0.232. The number of benzene rings is 1. The summed E-state index contributed by atoms with van der Waals surface area (Å²) in [5, 5.41) is 0. The molecule has 36 heavy (non-hydrogen) atoms. The van der Waals surface area contributed by atoms with Gasteiger partial charge in [0.1, 0.15) is 5.52 Å². The van der Waals surface area contributed by atoms with Gasteiger partial charge >= 0.3 is 0 Å². The Kier molecular flexibility index (Phi) is 5.08. The van der Waals surface area contributed by atoms with Gasteiger partial charge in [0.15, 0.2) is 5.82 Å². The molecule has 6 nitrogen and oxygen atoms in total. The third-order valence-electron chi connectivity index (χ3n) is 8.59. The fraction of sp³-hybridized carbons (Fsp3) is 0.367. The predicted molar refractivity (Wildman–Crippen MR) is 144 cm³/mol. The van der Waals surface area contributed by atoms with Crippen LogP contribution in [0.3, 0.4) is 0 Å². The quantitative estimate of drug-likeness (QED) is 0.373. The molecule has 3 aromatic heterocycles. The molecule has 1 spiro atoms. The maximum atomic E-state index is 4.88. The highest BCUT2D eigenvalue weighted by atomic mass is 15.3. The van der Waals surface area contributed by atoms with E-state index < -0.39 is 0 Å². The third kappa shape index (κ3) is 3.42. The van der Waals surface area contributed by atoms with E-state index in [1.54, 1.807) is 11.1 Å². The van der Waals surface area contributed by atoms with E-state index >= 15 is 0 Å². The minimum atomic E-state index is 0.386. The summed E-state index contributed by atoms with van der Waals surface area (Å²) in [5.41, 5.74) is 8.41. The van der Waals surface area contributed by atoms with E-state index in [-0.39, 0.29) is 0 Å². The Morgan fingerprint density at radius 3 is 2.78 bits per heavy atom. The van der Waals surface area contributed by atoms with Crippen LogP contribution in [0.2, 0.25) is 0 Å². The molecule has 1 fully saturated rings. The molecule has 182 valence electrons. The van der Waals surface area contributed by atoms with Crippen LogP contribution in [-0.4, -0.2) is 39.0 Å². The van der Waals surface area contributed by atoms with Crippen molar-refractivity contribution < 1.29 is 0 Å². The zero-order chi connectivity index (χ0) is 24.1. The number of hydrogen-bond donors (Lipinski definition) is 0. The van der Waals surface area contributed by atoms with Gasteiger partial charge in [-0.2, -0.15) is 0 Å². The van der Waals surface area contributed by atoms with Crippen LogP contribution in [0.25, 0.3) is 5.52 Å². The summed E-state index contributed by atoms with van der Waals surface area (Å²) >= 11 is 0. The van der Waals surface area contributed by atoms with Gasteiger partial charge in [-0.15, -0.1) is 6.58 Å². The summed E-state index contributed by atoms with van der Waals surface area (Å²) in [6.07, 6.45) is 17.8. The van der Waals surface area contributed by atoms with Gasteiger partial charge in [-0.3, -0.25) is 9.38 Å². The highest BCUT2D eigenvalue weighted by Crippen LogP contribution is 2.46. The average molecular weight is 477 g/mol. The highest BCUT2D eigenvalue weighted by molar-refractivity contribution is 5.73. The maximum absolute atomic E-state index is 4.88. The molecule has 2 aliphatic heterocycles. The average Bonchev–Trinajstić information content (AvgIpc) is 3.51. The van der Waals surface area contributed by atoms with E-state index in [4.69, 9.17) is 9.97 Å². The molecule has 1 aromatic carbocycles. The van der Waals surface area contributed by atoms with E-state index in [1.807, 2.05) is 36.9 Å². The van der Waals surface area contributed by atoms with Crippen molar-refractivity contribution >= 4 is 23.0 Å². The Morgan fingerprint density at radius 1 is 0.972 bits per heavy atom. The van der Waals surface area contributed by atoms with Crippen molar-refractivity contribution in [2.24, 2.45) is 5.41 Å². The summed E-state index contributed by atoms with van der Waals surface area (Å²) < 4.78 is 2.21. The molecular weight excluding hydrogens is 444 g/mol. The van der Waals surface area contributed by atoms with E-state index in [0.29, 0.717) is 5.41 Å². The Bertz CT molecular complexity index is 1450. The lowest BCUT2D eigenvalue weighted by Gasteiger charge is -2.40.